The Morgan fingerprint density at radius 2 is 1.74 bits per heavy atom. The van der Waals surface area contributed by atoms with Gasteiger partial charge in [0.05, 0.1) is 13.1 Å². The number of hydrogen-bond donors (Lipinski definition) is 1. The van der Waals surface area contributed by atoms with Gasteiger partial charge < -0.3 is 15.1 Å². The summed E-state index contributed by atoms with van der Waals surface area (Å²) in [4.78, 5) is 43.9. The molecule has 0 spiro atoms. The average molecular weight is 570 g/mol. The number of carbonyl (C=O) groups excluding carboxylic acids is 3. The first-order valence-electron chi connectivity index (χ1n) is 12.3. The third-order valence-corrected chi connectivity index (χ3v) is 7.47. The van der Waals surface area contributed by atoms with E-state index >= 15 is 0 Å². The lowest BCUT2D eigenvalue weighted by atomic mass is 9.98. The second kappa shape index (κ2) is 11.2. The quantitative estimate of drug-likeness (QED) is 0.492. The van der Waals surface area contributed by atoms with Crippen LogP contribution in [0.3, 0.4) is 0 Å². The van der Waals surface area contributed by atoms with Gasteiger partial charge in [0.25, 0.3) is 5.91 Å². The molecule has 0 saturated carbocycles. The smallest absolute Gasteiger partial charge is 0.333 e. The van der Waals surface area contributed by atoms with Gasteiger partial charge in [-0.05, 0) is 41.0 Å². The Hall–Kier alpha value is -3.66. The fourth-order valence-electron chi connectivity index (χ4n) is 5.01. The van der Waals surface area contributed by atoms with Crippen LogP contribution in [0.5, 0.6) is 0 Å². The summed E-state index contributed by atoms with van der Waals surface area (Å²) in [5.41, 5.74) is 2.05. The van der Waals surface area contributed by atoms with E-state index in [4.69, 9.17) is 23.2 Å². The second-order valence-electron chi connectivity index (χ2n) is 9.49. The van der Waals surface area contributed by atoms with Crippen molar-refractivity contribution in [3.8, 4) is 0 Å². The molecule has 0 bridgehead atoms. The van der Waals surface area contributed by atoms with Crippen molar-refractivity contribution in [3.05, 3.63) is 105 Å². The van der Waals surface area contributed by atoms with Crippen molar-refractivity contribution in [2.45, 2.75) is 25.3 Å². The number of carbonyl (C=O) groups is 3. The molecule has 2 heterocycles. The number of amides is 4. The van der Waals surface area contributed by atoms with Crippen LogP contribution in [0, 0.1) is 5.82 Å². The fraction of sp³-hybridized carbons (Fsp3) is 0.250. The van der Waals surface area contributed by atoms with Gasteiger partial charge in [-0.25, -0.2) is 19.2 Å². The van der Waals surface area contributed by atoms with Crippen LogP contribution in [0.2, 0.25) is 10.0 Å². The van der Waals surface area contributed by atoms with Crippen LogP contribution in [-0.4, -0.2) is 64.0 Å². The highest BCUT2D eigenvalue weighted by molar-refractivity contribution is 6.35. The standard InChI is InChI=1S/C28H26Cl2FN5O3/c1-33-17-25(37)35-24(36(33)28(39)32-14-18-7-11-22(31)12-8-18)16-34(15-20-9-10-21(29)13-23(20)30)27(38)26(35)19-5-3-2-4-6-19/h2-13,24,26H,14-17H2,1H3,(H,32,39)/t24-,26-/m0/s1. The minimum Gasteiger partial charge on any atom is -0.333 e. The topological polar surface area (TPSA) is 76.2 Å². The number of likely N-dealkylation sites (N-methyl/N-ethyl adjacent to an activating group) is 1. The minimum atomic E-state index is -0.926. The summed E-state index contributed by atoms with van der Waals surface area (Å²) in [5, 5.41) is 6.76. The molecule has 2 aliphatic rings. The van der Waals surface area contributed by atoms with Gasteiger partial charge in [0.15, 0.2) is 0 Å². The summed E-state index contributed by atoms with van der Waals surface area (Å²) < 4.78 is 13.3. The largest absolute Gasteiger partial charge is 0.334 e. The van der Waals surface area contributed by atoms with E-state index in [-0.39, 0.29) is 43.8 Å². The first kappa shape index (κ1) is 26.9. The molecule has 2 aliphatic heterocycles. The molecule has 0 aromatic heterocycles. The summed E-state index contributed by atoms with van der Waals surface area (Å²) in [7, 11) is 1.65. The highest BCUT2D eigenvalue weighted by Gasteiger charge is 2.51. The molecule has 2 saturated heterocycles. The normalized spacial score (nSPS) is 19.7. The van der Waals surface area contributed by atoms with Crippen molar-refractivity contribution in [2.24, 2.45) is 0 Å². The molecule has 5 rings (SSSR count). The first-order chi connectivity index (χ1) is 18.7. The minimum absolute atomic E-state index is 0.0706. The average Bonchev–Trinajstić information content (AvgIpc) is 2.91. The maximum Gasteiger partial charge on any atom is 0.334 e. The van der Waals surface area contributed by atoms with Crippen molar-refractivity contribution < 1.29 is 18.8 Å². The van der Waals surface area contributed by atoms with Crippen LogP contribution < -0.4 is 5.32 Å². The zero-order valence-corrected chi connectivity index (χ0v) is 22.6. The van der Waals surface area contributed by atoms with Crippen LogP contribution in [0.4, 0.5) is 9.18 Å². The number of rotatable bonds is 5. The van der Waals surface area contributed by atoms with Crippen LogP contribution in [-0.2, 0) is 22.7 Å². The highest BCUT2D eigenvalue weighted by Crippen LogP contribution is 2.35. The first-order valence-corrected chi connectivity index (χ1v) is 13.1. The number of halogens is 3. The molecule has 202 valence electrons. The molecule has 0 aliphatic carbocycles. The summed E-state index contributed by atoms with van der Waals surface area (Å²) in [5.74, 6) is -0.904. The summed E-state index contributed by atoms with van der Waals surface area (Å²) in [6, 6.07) is 18.6. The van der Waals surface area contributed by atoms with Gasteiger partial charge in [0.1, 0.15) is 18.0 Å². The molecule has 4 amide bonds. The number of fused-ring (bicyclic) bond motifs is 1. The van der Waals surface area contributed by atoms with E-state index in [0.717, 1.165) is 5.56 Å². The molecule has 11 heteroatoms. The molecule has 2 atom stereocenters. The zero-order chi connectivity index (χ0) is 27.7. The third kappa shape index (κ3) is 5.56. The Balaban J connectivity index is 1.48. The number of piperazine rings is 1. The number of benzene rings is 3. The lowest BCUT2D eigenvalue weighted by Gasteiger charge is -2.54. The van der Waals surface area contributed by atoms with Gasteiger partial charge in [-0.15, -0.1) is 0 Å². The summed E-state index contributed by atoms with van der Waals surface area (Å²) in [6.07, 6.45) is -0.779. The van der Waals surface area contributed by atoms with Crippen LogP contribution in [0.15, 0.2) is 72.8 Å². The number of urea groups is 1. The summed E-state index contributed by atoms with van der Waals surface area (Å²) in [6.45, 7) is 0.321. The van der Waals surface area contributed by atoms with E-state index in [0.29, 0.717) is 21.2 Å². The predicted octanol–water partition coefficient (Wildman–Crippen LogP) is 4.44. The number of hydrogen-bond acceptors (Lipinski definition) is 4. The number of nitrogens with zero attached hydrogens (tertiary/aromatic N) is 4. The Morgan fingerprint density at radius 3 is 2.44 bits per heavy atom. The Bertz CT molecular complexity index is 1390. The number of hydrazine groups is 1. The Labute approximate surface area is 235 Å². The molecule has 3 aromatic carbocycles. The highest BCUT2D eigenvalue weighted by atomic mass is 35.5. The molecule has 8 nitrogen and oxygen atoms in total. The van der Waals surface area contributed by atoms with Gasteiger partial charge in [0.2, 0.25) is 5.91 Å². The molecule has 2 fully saturated rings. The molecule has 1 N–H and O–H groups in total. The van der Waals surface area contributed by atoms with Gasteiger partial charge >= 0.3 is 6.03 Å². The van der Waals surface area contributed by atoms with Gasteiger partial charge in [-0.2, -0.15) is 0 Å². The van der Waals surface area contributed by atoms with Gasteiger partial charge in [-0.1, -0.05) is 71.7 Å². The molecule has 0 unspecified atom stereocenters. The molecular weight excluding hydrogens is 544 g/mol. The van der Waals surface area contributed by atoms with Crippen molar-refractivity contribution in [1.29, 1.82) is 0 Å². The van der Waals surface area contributed by atoms with Crippen molar-refractivity contribution in [2.75, 3.05) is 20.1 Å². The Kier molecular flexibility index (Phi) is 7.74. The molecule has 0 radical (unpaired) electrons. The zero-order valence-electron chi connectivity index (χ0n) is 21.1. The monoisotopic (exact) mass is 569 g/mol. The van der Waals surface area contributed by atoms with Crippen molar-refractivity contribution >= 4 is 41.0 Å². The lowest BCUT2D eigenvalue weighted by molar-refractivity contribution is -0.188. The van der Waals surface area contributed by atoms with Crippen molar-refractivity contribution in [3.63, 3.8) is 0 Å². The van der Waals surface area contributed by atoms with Gasteiger partial charge in [-0.3, -0.25) is 9.59 Å². The van der Waals surface area contributed by atoms with Crippen LogP contribution >= 0.6 is 23.2 Å². The molecular formula is C28H26Cl2FN5O3. The van der Waals surface area contributed by atoms with Gasteiger partial charge in [0, 0.05) is 30.2 Å². The third-order valence-electron chi connectivity index (χ3n) is 6.89. The fourth-order valence-corrected chi connectivity index (χ4v) is 5.48. The molecule has 39 heavy (non-hydrogen) atoms. The summed E-state index contributed by atoms with van der Waals surface area (Å²) >= 11 is 12.5. The lowest BCUT2D eigenvalue weighted by Crippen LogP contribution is -2.73. The van der Waals surface area contributed by atoms with Crippen LogP contribution in [0.25, 0.3) is 0 Å². The van der Waals surface area contributed by atoms with E-state index in [1.54, 1.807) is 71.6 Å². The maximum atomic E-state index is 13.9. The predicted molar refractivity (Wildman–Crippen MR) is 145 cm³/mol. The van der Waals surface area contributed by atoms with Crippen LogP contribution in [0.1, 0.15) is 22.7 Å². The van der Waals surface area contributed by atoms with E-state index in [1.807, 2.05) is 6.07 Å². The van der Waals surface area contributed by atoms with E-state index in [9.17, 15) is 18.8 Å². The number of nitrogens with one attached hydrogen (secondary N) is 1. The maximum absolute atomic E-state index is 13.9. The van der Waals surface area contributed by atoms with Crippen molar-refractivity contribution in [1.82, 2.24) is 25.1 Å². The Morgan fingerprint density at radius 1 is 1.03 bits per heavy atom. The second-order valence-corrected chi connectivity index (χ2v) is 10.3. The SMILES string of the molecule is CN1CC(=O)N2[C@@H](c3ccccc3)C(=O)N(Cc3ccc(Cl)cc3Cl)C[C@@H]2N1C(=O)NCc1ccc(F)cc1. The molecule has 3 aromatic rings. The van der Waals surface area contributed by atoms with E-state index in [1.165, 1.54) is 22.0 Å². The van der Waals surface area contributed by atoms with E-state index in [2.05, 4.69) is 5.32 Å². The van der Waals surface area contributed by atoms with E-state index < -0.39 is 18.2 Å².